The Morgan fingerprint density at radius 3 is 2.41 bits per heavy atom. The molecule has 1 rings (SSSR count). The van der Waals surface area contributed by atoms with Gasteiger partial charge in [-0.3, -0.25) is 0 Å². The molecule has 0 aromatic rings. The molecule has 0 aromatic carbocycles. The van der Waals surface area contributed by atoms with Crippen molar-refractivity contribution in [3.05, 3.63) is 22.8 Å². The Morgan fingerprint density at radius 2 is 1.95 bits per heavy atom. The maximum absolute atomic E-state index is 13.0. The monoisotopic (exact) mass is 318 g/mol. The van der Waals surface area contributed by atoms with Gasteiger partial charge in [-0.05, 0) is 41.7 Å². The number of nitrogens with one attached hydrogen (secondary N) is 1. The Hall–Kier alpha value is -1.46. The lowest BCUT2D eigenvalue weighted by atomic mass is 9.79. The summed E-state index contributed by atoms with van der Waals surface area (Å²) in [6, 6.07) is -0.666. The summed E-state index contributed by atoms with van der Waals surface area (Å²) < 4.78 is 39.1. The third-order valence-electron chi connectivity index (χ3n) is 3.84. The molecule has 1 aliphatic carbocycles. The summed E-state index contributed by atoms with van der Waals surface area (Å²) in [5.74, 6) is -0.261. The molecule has 2 amide bonds. The summed E-state index contributed by atoms with van der Waals surface area (Å²) in [7, 11) is 0. The number of amides is 2. The zero-order valence-electron chi connectivity index (χ0n) is 13.6. The number of hydrogen-bond donors (Lipinski definition) is 2. The van der Waals surface area contributed by atoms with Gasteiger partial charge in [0, 0.05) is 12.1 Å². The van der Waals surface area contributed by atoms with Gasteiger partial charge in [0.1, 0.15) is 0 Å². The van der Waals surface area contributed by atoms with Crippen LogP contribution >= 0.6 is 0 Å². The number of alkyl halides is 3. The van der Waals surface area contributed by atoms with E-state index in [1.165, 1.54) is 6.08 Å². The number of urea groups is 1. The lowest BCUT2D eigenvalue weighted by molar-refractivity contribution is -0.0952. The van der Waals surface area contributed by atoms with E-state index in [0.29, 0.717) is 12.0 Å². The molecule has 0 saturated carbocycles. The first kappa shape index (κ1) is 18.6. The van der Waals surface area contributed by atoms with Gasteiger partial charge in [-0.25, -0.2) is 4.79 Å². The van der Waals surface area contributed by atoms with Crippen LogP contribution in [0.1, 0.15) is 47.0 Å². The quantitative estimate of drug-likeness (QED) is 0.797. The van der Waals surface area contributed by atoms with E-state index in [1.807, 2.05) is 0 Å². The van der Waals surface area contributed by atoms with Crippen molar-refractivity contribution in [2.45, 2.75) is 53.1 Å². The molecule has 126 valence electrons. The van der Waals surface area contributed by atoms with Gasteiger partial charge < -0.3 is 11.1 Å². The zero-order valence-corrected chi connectivity index (χ0v) is 13.6. The molecule has 0 aliphatic heterocycles. The van der Waals surface area contributed by atoms with Crippen molar-refractivity contribution in [2.75, 3.05) is 6.54 Å². The van der Waals surface area contributed by atoms with E-state index in [0.717, 1.165) is 12.0 Å². The van der Waals surface area contributed by atoms with Gasteiger partial charge >= 0.3 is 12.2 Å². The Balaban J connectivity index is 3.09. The van der Waals surface area contributed by atoms with Gasteiger partial charge in [0.2, 0.25) is 0 Å². The molecule has 0 radical (unpaired) electrons. The van der Waals surface area contributed by atoms with Crippen LogP contribution in [0, 0.1) is 11.3 Å². The van der Waals surface area contributed by atoms with E-state index in [1.54, 1.807) is 6.92 Å². The minimum absolute atomic E-state index is 0.0299. The first-order chi connectivity index (χ1) is 9.90. The number of hydrogen-bond acceptors (Lipinski definition) is 1. The van der Waals surface area contributed by atoms with Crippen molar-refractivity contribution in [1.29, 1.82) is 0 Å². The van der Waals surface area contributed by atoms with Crippen LogP contribution in [0.4, 0.5) is 18.0 Å². The van der Waals surface area contributed by atoms with Crippen molar-refractivity contribution in [1.82, 2.24) is 5.32 Å². The molecule has 0 saturated heterocycles. The van der Waals surface area contributed by atoms with Crippen LogP contribution in [-0.2, 0) is 0 Å². The van der Waals surface area contributed by atoms with Gasteiger partial charge in [-0.15, -0.1) is 0 Å². The standard InChI is InChI=1S/C16H25F3N2O/c1-10-7-12(16(17,18)19)8-11(5-6-15(2,3)4)13(10)9-21-14(20)22/h8,10H,5-7,9H2,1-4H3,(H3,20,21,22)/t10-/m0/s1. The summed E-state index contributed by atoms with van der Waals surface area (Å²) in [5, 5.41) is 2.50. The number of halogens is 3. The molecule has 0 aromatic heterocycles. The maximum Gasteiger partial charge on any atom is 0.412 e. The lowest BCUT2D eigenvalue weighted by Gasteiger charge is -2.29. The van der Waals surface area contributed by atoms with Crippen LogP contribution in [0.5, 0.6) is 0 Å². The van der Waals surface area contributed by atoms with Gasteiger partial charge in [-0.1, -0.05) is 33.8 Å². The van der Waals surface area contributed by atoms with E-state index in [9.17, 15) is 18.0 Å². The number of rotatable bonds is 4. The maximum atomic E-state index is 13.0. The number of carbonyl (C=O) groups excluding carboxylic acids is 1. The minimum Gasteiger partial charge on any atom is -0.352 e. The minimum atomic E-state index is -4.30. The predicted molar refractivity (Wildman–Crippen MR) is 81.2 cm³/mol. The second-order valence-electron chi connectivity index (χ2n) is 7.10. The third kappa shape index (κ3) is 5.73. The third-order valence-corrected chi connectivity index (χ3v) is 3.84. The second kappa shape index (κ2) is 6.75. The second-order valence-corrected chi connectivity index (χ2v) is 7.10. The summed E-state index contributed by atoms with van der Waals surface area (Å²) >= 11 is 0. The smallest absolute Gasteiger partial charge is 0.352 e. The Kier molecular flexibility index (Phi) is 5.70. The molecule has 1 aliphatic rings. The van der Waals surface area contributed by atoms with Crippen LogP contribution in [-0.4, -0.2) is 18.8 Å². The van der Waals surface area contributed by atoms with Gasteiger partial charge in [0.05, 0.1) is 0 Å². The lowest BCUT2D eigenvalue weighted by Crippen LogP contribution is -2.33. The molecule has 22 heavy (non-hydrogen) atoms. The van der Waals surface area contributed by atoms with E-state index in [-0.39, 0.29) is 24.3 Å². The predicted octanol–water partition coefficient (Wildman–Crippen LogP) is 4.31. The normalized spacial score (nSPS) is 20.0. The van der Waals surface area contributed by atoms with Crippen molar-refractivity contribution in [2.24, 2.45) is 17.1 Å². The fraction of sp³-hybridized carbons (Fsp3) is 0.688. The highest BCUT2D eigenvalue weighted by molar-refractivity contribution is 5.72. The van der Waals surface area contributed by atoms with Gasteiger partial charge in [0.15, 0.2) is 0 Å². The summed E-state index contributed by atoms with van der Waals surface area (Å²) in [6.45, 7) is 8.12. The highest BCUT2D eigenvalue weighted by Crippen LogP contribution is 2.40. The van der Waals surface area contributed by atoms with E-state index >= 15 is 0 Å². The summed E-state index contributed by atoms with van der Waals surface area (Å²) in [5.41, 5.74) is 6.13. The highest BCUT2D eigenvalue weighted by atomic mass is 19.4. The van der Waals surface area contributed by atoms with E-state index in [4.69, 9.17) is 5.73 Å². The van der Waals surface area contributed by atoms with E-state index in [2.05, 4.69) is 26.1 Å². The fourth-order valence-corrected chi connectivity index (χ4v) is 2.54. The molecule has 0 spiro atoms. The molecule has 0 heterocycles. The molecule has 6 heteroatoms. The molecular formula is C16H25F3N2O. The number of primary amides is 1. The average Bonchev–Trinajstić information content (AvgIpc) is 2.32. The van der Waals surface area contributed by atoms with Crippen molar-refractivity contribution in [3.8, 4) is 0 Å². The van der Waals surface area contributed by atoms with Crippen LogP contribution in [0.2, 0.25) is 0 Å². The molecule has 0 bridgehead atoms. The average molecular weight is 318 g/mol. The number of carbonyl (C=O) groups is 1. The van der Waals surface area contributed by atoms with Crippen molar-refractivity contribution in [3.63, 3.8) is 0 Å². The fourth-order valence-electron chi connectivity index (χ4n) is 2.54. The molecule has 3 nitrogen and oxygen atoms in total. The first-order valence-electron chi connectivity index (χ1n) is 7.43. The molecule has 0 fully saturated rings. The molecule has 0 unspecified atom stereocenters. The van der Waals surface area contributed by atoms with Crippen molar-refractivity contribution >= 4 is 6.03 Å². The Labute approximate surface area is 129 Å². The Bertz CT molecular complexity index is 485. The van der Waals surface area contributed by atoms with Crippen LogP contribution < -0.4 is 11.1 Å². The number of allylic oxidation sites excluding steroid dienone is 3. The van der Waals surface area contributed by atoms with Gasteiger partial charge in [-0.2, -0.15) is 13.2 Å². The SMILES string of the molecule is C[C@H]1CC(C(F)(F)F)=CC(CCC(C)(C)C)=C1CNC(N)=O. The topological polar surface area (TPSA) is 55.1 Å². The van der Waals surface area contributed by atoms with Crippen LogP contribution in [0.3, 0.4) is 0 Å². The summed E-state index contributed by atoms with van der Waals surface area (Å²) in [6.07, 6.45) is -1.77. The summed E-state index contributed by atoms with van der Waals surface area (Å²) in [4.78, 5) is 10.9. The van der Waals surface area contributed by atoms with E-state index < -0.39 is 17.8 Å². The zero-order chi connectivity index (χ0) is 17.1. The van der Waals surface area contributed by atoms with Gasteiger partial charge in [0.25, 0.3) is 0 Å². The van der Waals surface area contributed by atoms with Crippen LogP contribution in [0.25, 0.3) is 0 Å². The first-order valence-corrected chi connectivity index (χ1v) is 7.43. The van der Waals surface area contributed by atoms with Crippen LogP contribution in [0.15, 0.2) is 22.8 Å². The molecular weight excluding hydrogens is 293 g/mol. The Morgan fingerprint density at radius 1 is 1.36 bits per heavy atom. The largest absolute Gasteiger partial charge is 0.412 e. The molecule has 3 N–H and O–H groups in total. The highest BCUT2D eigenvalue weighted by Gasteiger charge is 2.37. The molecule has 1 atom stereocenters. The van der Waals surface area contributed by atoms with Crippen molar-refractivity contribution < 1.29 is 18.0 Å². The number of nitrogens with two attached hydrogens (primary N) is 1.